The number of aliphatic hydroxyl groups is 1. The molecule has 5 nitrogen and oxygen atoms in total. The molecule has 0 aromatic heterocycles. The third-order valence-electron chi connectivity index (χ3n) is 3.34. The summed E-state index contributed by atoms with van der Waals surface area (Å²) in [4.78, 5) is 4.50. The van der Waals surface area contributed by atoms with Gasteiger partial charge in [0.05, 0.1) is 6.61 Å². The Morgan fingerprint density at radius 1 is 1.00 bits per heavy atom. The van der Waals surface area contributed by atoms with Gasteiger partial charge in [0.25, 0.3) is 0 Å². The SMILES string of the molecule is OCCN1CCN(c2ccc(B(O)O)cc2)CC1. The summed E-state index contributed by atoms with van der Waals surface area (Å²) in [5, 5.41) is 26.9. The van der Waals surface area contributed by atoms with Crippen molar-refractivity contribution in [3.8, 4) is 0 Å². The average molecular weight is 250 g/mol. The van der Waals surface area contributed by atoms with E-state index in [9.17, 15) is 0 Å². The Labute approximate surface area is 107 Å². The Hall–Kier alpha value is -1.08. The van der Waals surface area contributed by atoms with Crippen molar-refractivity contribution in [1.29, 1.82) is 0 Å². The zero-order chi connectivity index (χ0) is 13.0. The van der Waals surface area contributed by atoms with Crippen molar-refractivity contribution in [3.63, 3.8) is 0 Å². The summed E-state index contributed by atoms with van der Waals surface area (Å²) in [5.74, 6) is 0. The zero-order valence-electron chi connectivity index (χ0n) is 10.4. The monoisotopic (exact) mass is 250 g/mol. The van der Waals surface area contributed by atoms with Crippen molar-refractivity contribution in [1.82, 2.24) is 4.90 Å². The molecule has 0 bridgehead atoms. The van der Waals surface area contributed by atoms with Crippen LogP contribution >= 0.6 is 0 Å². The Kier molecular flexibility index (Phi) is 4.60. The smallest absolute Gasteiger partial charge is 0.423 e. The summed E-state index contributed by atoms with van der Waals surface area (Å²) >= 11 is 0. The molecule has 2 rings (SSSR count). The maximum atomic E-state index is 9.03. The van der Waals surface area contributed by atoms with E-state index in [1.54, 1.807) is 12.1 Å². The lowest BCUT2D eigenvalue weighted by Crippen LogP contribution is -2.47. The van der Waals surface area contributed by atoms with E-state index in [0.29, 0.717) is 5.46 Å². The molecule has 0 amide bonds. The number of piperazine rings is 1. The molecule has 0 spiro atoms. The van der Waals surface area contributed by atoms with Gasteiger partial charge in [-0.15, -0.1) is 0 Å². The van der Waals surface area contributed by atoms with E-state index in [1.165, 1.54) is 0 Å². The summed E-state index contributed by atoms with van der Waals surface area (Å²) in [6.45, 7) is 4.71. The quantitative estimate of drug-likeness (QED) is 0.566. The van der Waals surface area contributed by atoms with E-state index >= 15 is 0 Å². The lowest BCUT2D eigenvalue weighted by molar-refractivity contribution is 0.189. The van der Waals surface area contributed by atoms with Gasteiger partial charge in [0.15, 0.2) is 0 Å². The first kappa shape index (κ1) is 13.4. The van der Waals surface area contributed by atoms with Crippen LogP contribution in [0.3, 0.4) is 0 Å². The minimum absolute atomic E-state index is 0.211. The van der Waals surface area contributed by atoms with Gasteiger partial charge in [0.2, 0.25) is 0 Å². The molecule has 98 valence electrons. The zero-order valence-corrected chi connectivity index (χ0v) is 10.4. The fraction of sp³-hybridized carbons (Fsp3) is 0.500. The van der Waals surface area contributed by atoms with Crippen molar-refractivity contribution in [2.24, 2.45) is 0 Å². The maximum Gasteiger partial charge on any atom is 0.488 e. The van der Waals surface area contributed by atoms with Gasteiger partial charge in [-0.2, -0.15) is 0 Å². The van der Waals surface area contributed by atoms with Gasteiger partial charge in [-0.05, 0) is 17.6 Å². The number of β-amino-alcohol motifs (C(OH)–C–C–N with tert-alkyl or cyclic N) is 1. The highest BCUT2D eigenvalue weighted by atomic mass is 16.4. The number of benzene rings is 1. The second-order valence-corrected chi connectivity index (χ2v) is 4.52. The van der Waals surface area contributed by atoms with E-state index in [-0.39, 0.29) is 6.61 Å². The molecule has 0 aliphatic carbocycles. The molecule has 1 aliphatic rings. The molecule has 1 aliphatic heterocycles. The Morgan fingerprint density at radius 2 is 1.61 bits per heavy atom. The van der Waals surface area contributed by atoms with Gasteiger partial charge in [0.1, 0.15) is 0 Å². The van der Waals surface area contributed by atoms with Crippen molar-refractivity contribution in [2.45, 2.75) is 0 Å². The van der Waals surface area contributed by atoms with Crippen LogP contribution in [-0.2, 0) is 0 Å². The Balaban J connectivity index is 1.93. The molecule has 0 atom stereocenters. The Bertz CT molecular complexity index is 364. The van der Waals surface area contributed by atoms with E-state index in [1.807, 2.05) is 12.1 Å². The number of nitrogens with zero attached hydrogens (tertiary/aromatic N) is 2. The van der Waals surface area contributed by atoms with Crippen LogP contribution in [0, 0.1) is 0 Å². The molecule has 1 saturated heterocycles. The van der Waals surface area contributed by atoms with Gasteiger partial charge in [-0.1, -0.05) is 12.1 Å². The molecule has 1 fully saturated rings. The van der Waals surface area contributed by atoms with Crippen molar-refractivity contribution in [3.05, 3.63) is 24.3 Å². The fourth-order valence-corrected chi connectivity index (χ4v) is 2.23. The first-order valence-electron chi connectivity index (χ1n) is 6.25. The average Bonchev–Trinajstić information content (AvgIpc) is 2.40. The number of hydrogen-bond acceptors (Lipinski definition) is 5. The normalized spacial score (nSPS) is 16.9. The van der Waals surface area contributed by atoms with E-state index in [2.05, 4.69) is 9.80 Å². The van der Waals surface area contributed by atoms with Crippen LogP contribution in [0.5, 0.6) is 0 Å². The summed E-state index contributed by atoms with van der Waals surface area (Å²) in [7, 11) is -1.40. The third-order valence-corrected chi connectivity index (χ3v) is 3.34. The molecule has 0 saturated carbocycles. The van der Waals surface area contributed by atoms with Gasteiger partial charge < -0.3 is 20.1 Å². The second-order valence-electron chi connectivity index (χ2n) is 4.52. The van der Waals surface area contributed by atoms with Crippen LogP contribution in [0.1, 0.15) is 0 Å². The van der Waals surface area contributed by atoms with E-state index < -0.39 is 7.12 Å². The van der Waals surface area contributed by atoms with E-state index in [0.717, 1.165) is 38.4 Å². The summed E-state index contributed by atoms with van der Waals surface area (Å²) < 4.78 is 0. The topological polar surface area (TPSA) is 67.2 Å². The maximum absolute atomic E-state index is 9.03. The Morgan fingerprint density at radius 3 is 2.11 bits per heavy atom. The molecule has 0 unspecified atom stereocenters. The predicted octanol–water partition coefficient (Wildman–Crippen LogP) is -1.52. The van der Waals surface area contributed by atoms with Crippen LogP contribution in [0.4, 0.5) is 5.69 Å². The van der Waals surface area contributed by atoms with Gasteiger partial charge in [-0.3, -0.25) is 4.90 Å². The van der Waals surface area contributed by atoms with Crippen LogP contribution in [-0.4, -0.2) is 66.5 Å². The minimum atomic E-state index is -1.40. The molecular weight excluding hydrogens is 231 g/mol. The van der Waals surface area contributed by atoms with Crippen LogP contribution in [0.2, 0.25) is 0 Å². The molecule has 1 aromatic carbocycles. The highest BCUT2D eigenvalue weighted by Gasteiger charge is 2.17. The minimum Gasteiger partial charge on any atom is -0.423 e. The number of hydrogen-bond donors (Lipinski definition) is 3. The van der Waals surface area contributed by atoms with Crippen LogP contribution in [0.15, 0.2) is 24.3 Å². The molecule has 1 aromatic rings. The van der Waals surface area contributed by atoms with Crippen molar-refractivity contribution < 1.29 is 15.2 Å². The number of aliphatic hydroxyl groups excluding tert-OH is 1. The van der Waals surface area contributed by atoms with Crippen molar-refractivity contribution in [2.75, 3.05) is 44.2 Å². The lowest BCUT2D eigenvalue weighted by atomic mass is 9.80. The van der Waals surface area contributed by atoms with E-state index in [4.69, 9.17) is 15.2 Å². The summed E-state index contributed by atoms with van der Waals surface area (Å²) in [5.41, 5.74) is 1.61. The highest BCUT2D eigenvalue weighted by molar-refractivity contribution is 6.58. The number of anilines is 1. The third kappa shape index (κ3) is 3.23. The molecule has 3 N–H and O–H groups in total. The lowest BCUT2D eigenvalue weighted by Gasteiger charge is -2.35. The summed E-state index contributed by atoms with van der Waals surface area (Å²) in [6.07, 6.45) is 0. The number of rotatable bonds is 4. The summed E-state index contributed by atoms with van der Waals surface area (Å²) in [6, 6.07) is 7.30. The molecule has 6 heteroatoms. The van der Waals surface area contributed by atoms with Gasteiger partial charge in [0, 0.05) is 38.4 Å². The largest absolute Gasteiger partial charge is 0.488 e. The van der Waals surface area contributed by atoms with Crippen LogP contribution < -0.4 is 10.4 Å². The van der Waals surface area contributed by atoms with Crippen LogP contribution in [0.25, 0.3) is 0 Å². The molecular formula is C12H19BN2O3. The standard InChI is InChI=1S/C12H19BN2O3/c16-10-9-14-5-7-15(8-6-14)12-3-1-11(2-4-12)13(17)18/h1-4,16-18H,5-10H2. The highest BCUT2D eigenvalue weighted by Crippen LogP contribution is 2.14. The first-order valence-corrected chi connectivity index (χ1v) is 6.25. The fourth-order valence-electron chi connectivity index (χ4n) is 2.23. The first-order chi connectivity index (χ1) is 8.70. The molecule has 0 radical (unpaired) electrons. The van der Waals surface area contributed by atoms with Gasteiger partial charge in [-0.25, -0.2) is 0 Å². The molecule has 1 heterocycles. The van der Waals surface area contributed by atoms with Gasteiger partial charge >= 0.3 is 7.12 Å². The second kappa shape index (κ2) is 6.20. The molecule has 18 heavy (non-hydrogen) atoms. The van der Waals surface area contributed by atoms with Crippen molar-refractivity contribution >= 4 is 18.3 Å². The predicted molar refractivity (Wildman–Crippen MR) is 72.0 cm³/mol.